The average molecular weight is 375 g/mol. The SMILES string of the molecule is CC(C)(C)CCCCCCc1cc(O)c(O)cc1CCCCCC1(C)CC1. The molecule has 0 spiro atoms. The predicted octanol–water partition coefficient (Wildman–Crippen LogP) is 7.54. The number of rotatable bonds is 12. The molecule has 154 valence electrons. The lowest BCUT2D eigenvalue weighted by Gasteiger charge is -2.17. The maximum absolute atomic E-state index is 9.91. The first-order valence-electron chi connectivity index (χ1n) is 11.2. The van der Waals surface area contributed by atoms with E-state index in [1.54, 1.807) is 12.1 Å². The van der Waals surface area contributed by atoms with Crippen molar-refractivity contribution >= 4 is 0 Å². The molecule has 2 N–H and O–H groups in total. The van der Waals surface area contributed by atoms with Gasteiger partial charge in [-0.2, -0.15) is 0 Å². The molecule has 0 unspecified atom stereocenters. The van der Waals surface area contributed by atoms with Crippen molar-refractivity contribution in [2.75, 3.05) is 0 Å². The highest BCUT2D eigenvalue weighted by Crippen LogP contribution is 2.49. The fourth-order valence-corrected chi connectivity index (χ4v) is 3.96. The summed E-state index contributed by atoms with van der Waals surface area (Å²) in [5.74, 6) is 0.0626. The summed E-state index contributed by atoms with van der Waals surface area (Å²) >= 11 is 0. The second kappa shape index (κ2) is 9.85. The van der Waals surface area contributed by atoms with Crippen molar-refractivity contribution in [1.82, 2.24) is 0 Å². The van der Waals surface area contributed by atoms with E-state index in [4.69, 9.17) is 0 Å². The summed E-state index contributed by atoms with van der Waals surface area (Å²) in [4.78, 5) is 0. The van der Waals surface area contributed by atoms with Gasteiger partial charge in [0.2, 0.25) is 0 Å². The van der Waals surface area contributed by atoms with Gasteiger partial charge < -0.3 is 10.2 Å². The van der Waals surface area contributed by atoms with Gasteiger partial charge in [0.15, 0.2) is 11.5 Å². The molecule has 0 saturated heterocycles. The van der Waals surface area contributed by atoms with Crippen LogP contribution in [0.4, 0.5) is 0 Å². The summed E-state index contributed by atoms with van der Waals surface area (Å²) in [5.41, 5.74) is 3.56. The molecule has 1 aliphatic carbocycles. The number of aromatic hydroxyl groups is 2. The van der Waals surface area contributed by atoms with Crippen molar-refractivity contribution in [3.63, 3.8) is 0 Å². The van der Waals surface area contributed by atoms with E-state index >= 15 is 0 Å². The molecule has 1 aromatic carbocycles. The summed E-state index contributed by atoms with van der Waals surface area (Å²) in [6.45, 7) is 9.33. The lowest BCUT2D eigenvalue weighted by molar-refractivity contribution is 0.357. The minimum atomic E-state index is 0.0307. The fourth-order valence-electron chi connectivity index (χ4n) is 3.96. The van der Waals surface area contributed by atoms with Crippen LogP contribution in [0.25, 0.3) is 0 Å². The molecule has 1 fully saturated rings. The van der Waals surface area contributed by atoms with E-state index < -0.39 is 0 Å². The van der Waals surface area contributed by atoms with Crippen molar-refractivity contribution < 1.29 is 10.2 Å². The highest BCUT2D eigenvalue weighted by Gasteiger charge is 2.35. The van der Waals surface area contributed by atoms with Gasteiger partial charge in [-0.3, -0.25) is 0 Å². The Bertz CT molecular complexity index is 579. The second-order valence-corrected chi connectivity index (χ2v) is 10.5. The van der Waals surface area contributed by atoms with Crippen molar-refractivity contribution in [3.05, 3.63) is 23.3 Å². The van der Waals surface area contributed by atoms with Gasteiger partial charge in [-0.05, 0) is 85.5 Å². The van der Waals surface area contributed by atoms with Crippen LogP contribution >= 0.6 is 0 Å². The van der Waals surface area contributed by atoms with Crippen LogP contribution in [0, 0.1) is 10.8 Å². The summed E-state index contributed by atoms with van der Waals surface area (Å²) in [5, 5.41) is 19.8. The third-order valence-electron chi connectivity index (χ3n) is 6.25. The molecule has 1 aromatic rings. The Morgan fingerprint density at radius 2 is 1.26 bits per heavy atom. The van der Waals surface area contributed by atoms with Crippen molar-refractivity contribution in [2.24, 2.45) is 10.8 Å². The van der Waals surface area contributed by atoms with E-state index in [1.165, 1.54) is 81.8 Å². The van der Waals surface area contributed by atoms with Gasteiger partial charge >= 0.3 is 0 Å². The Hall–Kier alpha value is -1.18. The highest BCUT2D eigenvalue weighted by atomic mass is 16.3. The minimum absolute atomic E-state index is 0.0307. The molecule has 2 heteroatoms. The number of phenols is 2. The highest BCUT2D eigenvalue weighted by molar-refractivity contribution is 5.45. The summed E-state index contributed by atoms with van der Waals surface area (Å²) in [6, 6.07) is 3.59. The summed E-state index contributed by atoms with van der Waals surface area (Å²) in [6.07, 6.45) is 16.3. The molecular weight excluding hydrogens is 332 g/mol. The predicted molar refractivity (Wildman–Crippen MR) is 116 cm³/mol. The lowest BCUT2D eigenvalue weighted by atomic mass is 9.89. The molecule has 1 saturated carbocycles. The number of aryl methyl sites for hydroxylation is 2. The first kappa shape index (κ1) is 22.1. The first-order valence-corrected chi connectivity index (χ1v) is 11.2. The van der Waals surface area contributed by atoms with Crippen molar-refractivity contribution in [1.29, 1.82) is 0 Å². The zero-order valence-electron chi connectivity index (χ0n) is 18.2. The molecule has 0 amide bonds. The first-order chi connectivity index (χ1) is 12.7. The minimum Gasteiger partial charge on any atom is -0.504 e. The van der Waals surface area contributed by atoms with Gasteiger partial charge in [0.1, 0.15) is 0 Å². The quantitative estimate of drug-likeness (QED) is 0.293. The van der Waals surface area contributed by atoms with Gasteiger partial charge in [0, 0.05) is 0 Å². The zero-order valence-corrected chi connectivity index (χ0v) is 18.2. The van der Waals surface area contributed by atoms with Crippen LogP contribution in [-0.2, 0) is 12.8 Å². The van der Waals surface area contributed by atoms with E-state index in [0.717, 1.165) is 12.8 Å². The second-order valence-electron chi connectivity index (χ2n) is 10.5. The molecule has 2 rings (SSSR count). The van der Waals surface area contributed by atoms with Gasteiger partial charge in [0.05, 0.1) is 0 Å². The molecule has 2 nitrogen and oxygen atoms in total. The smallest absolute Gasteiger partial charge is 0.157 e. The van der Waals surface area contributed by atoms with E-state index in [9.17, 15) is 10.2 Å². The van der Waals surface area contributed by atoms with Crippen LogP contribution in [-0.4, -0.2) is 10.2 Å². The van der Waals surface area contributed by atoms with Gasteiger partial charge in [-0.1, -0.05) is 59.8 Å². The number of benzene rings is 1. The van der Waals surface area contributed by atoms with Crippen molar-refractivity contribution in [3.8, 4) is 11.5 Å². The Balaban J connectivity index is 1.73. The molecule has 0 aromatic heterocycles. The molecule has 27 heavy (non-hydrogen) atoms. The maximum Gasteiger partial charge on any atom is 0.157 e. The molecule has 0 bridgehead atoms. The number of phenolic OH excluding ortho intramolecular Hbond substituents is 2. The zero-order chi connectivity index (χ0) is 19.9. The number of unbranched alkanes of at least 4 members (excludes halogenated alkanes) is 5. The van der Waals surface area contributed by atoms with Gasteiger partial charge in [-0.15, -0.1) is 0 Å². The molecule has 0 aliphatic heterocycles. The molecular formula is C25H42O2. The van der Waals surface area contributed by atoms with Crippen LogP contribution < -0.4 is 0 Å². The summed E-state index contributed by atoms with van der Waals surface area (Å²) in [7, 11) is 0. The monoisotopic (exact) mass is 374 g/mol. The lowest BCUT2D eigenvalue weighted by Crippen LogP contribution is -2.04. The van der Waals surface area contributed by atoms with Crippen LogP contribution in [0.2, 0.25) is 0 Å². The van der Waals surface area contributed by atoms with Crippen molar-refractivity contribution in [2.45, 2.75) is 111 Å². The van der Waals surface area contributed by atoms with E-state index in [0.29, 0.717) is 10.8 Å². The normalized spacial score (nSPS) is 15.9. The topological polar surface area (TPSA) is 40.5 Å². The van der Waals surface area contributed by atoms with E-state index in [2.05, 4.69) is 27.7 Å². The Labute approximate surface area is 167 Å². The van der Waals surface area contributed by atoms with E-state index in [-0.39, 0.29) is 11.5 Å². The number of hydrogen-bond donors (Lipinski definition) is 2. The Morgan fingerprint density at radius 3 is 1.74 bits per heavy atom. The number of hydrogen-bond acceptors (Lipinski definition) is 2. The molecule has 0 atom stereocenters. The Morgan fingerprint density at radius 1 is 0.778 bits per heavy atom. The summed E-state index contributed by atoms with van der Waals surface area (Å²) < 4.78 is 0. The third-order valence-corrected chi connectivity index (χ3v) is 6.25. The molecule has 1 aliphatic rings. The molecule has 0 radical (unpaired) electrons. The van der Waals surface area contributed by atoms with Crippen LogP contribution in [0.15, 0.2) is 12.1 Å². The van der Waals surface area contributed by atoms with Crippen LogP contribution in [0.5, 0.6) is 11.5 Å². The standard InChI is InChI=1S/C25H42O2/c1-24(2,3)14-10-6-5-8-12-20-18-22(26)23(27)19-21(20)13-9-7-11-15-25(4)16-17-25/h18-19,26-27H,5-17H2,1-4H3. The average Bonchev–Trinajstić information content (AvgIpc) is 3.31. The van der Waals surface area contributed by atoms with Gasteiger partial charge in [0.25, 0.3) is 0 Å². The van der Waals surface area contributed by atoms with Crippen LogP contribution in [0.3, 0.4) is 0 Å². The fraction of sp³-hybridized carbons (Fsp3) is 0.760. The van der Waals surface area contributed by atoms with Gasteiger partial charge in [-0.25, -0.2) is 0 Å². The van der Waals surface area contributed by atoms with E-state index in [1.807, 2.05) is 0 Å². The maximum atomic E-state index is 9.91. The van der Waals surface area contributed by atoms with Crippen LogP contribution in [0.1, 0.15) is 109 Å². The third kappa shape index (κ3) is 8.58. The molecule has 0 heterocycles. The largest absolute Gasteiger partial charge is 0.504 e. The Kier molecular flexibility index (Phi) is 8.06.